The SMILES string of the molecule is CC1(N)CN(c2c(F)cc3c(=O)c(OC(=O)O)cn(CCF)c3c2F)C1. The predicted octanol–water partition coefficient (Wildman–Crippen LogP) is 1.84. The minimum atomic E-state index is -1.77. The molecule has 0 bridgehead atoms. The number of carboxylic acid groups (broad SMARTS) is 1. The van der Waals surface area contributed by atoms with Gasteiger partial charge in [0.2, 0.25) is 5.43 Å². The number of benzene rings is 1. The van der Waals surface area contributed by atoms with Crippen molar-refractivity contribution >= 4 is 22.7 Å². The Morgan fingerprint density at radius 2 is 2.08 bits per heavy atom. The van der Waals surface area contributed by atoms with Crippen LogP contribution in [0, 0.1) is 11.6 Å². The van der Waals surface area contributed by atoms with Gasteiger partial charge in [0.15, 0.2) is 11.6 Å². The topological polar surface area (TPSA) is 97.8 Å². The highest BCUT2D eigenvalue weighted by Crippen LogP contribution is 2.35. The number of rotatable bonds is 4. The lowest BCUT2D eigenvalue weighted by Crippen LogP contribution is -2.66. The molecule has 2 heterocycles. The van der Waals surface area contributed by atoms with E-state index in [-0.39, 0.29) is 30.8 Å². The second kappa shape index (κ2) is 6.20. The first-order chi connectivity index (χ1) is 12.1. The molecule has 1 aliphatic rings. The number of carbonyl (C=O) groups is 1. The van der Waals surface area contributed by atoms with E-state index in [0.29, 0.717) is 0 Å². The van der Waals surface area contributed by atoms with Crippen LogP contribution in [0.3, 0.4) is 0 Å². The van der Waals surface area contributed by atoms with E-state index in [0.717, 1.165) is 16.8 Å². The van der Waals surface area contributed by atoms with E-state index in [9.17, 15) is 18.4 Å². The molecule has 1 saturated heterocycles. The van der Waals surface area contributed by atoms with Crippen molar-refractivity contribution in [1.82, 2.24) is 4.57 Å². The molecule has 0 atom stereocenters. The van der Waals surface area contributed by atoms with Gasteiger partial charge in [0.05, 0.1) is 23.6 Å². The minimum Gasteiger partial charge on any atom is -0.449 e. The van der Waals surface area contributed by atoms with Crippen LogP contribution in [-0.2, 0) is 6.54 Å². The maximum absolute atomic E-state index is 15.0. The van der Waals surface area contributed by atoms with Crippen molar-refractivity contribution in [2.45, 2.75) is 19.0 Å². The van der Waals surface area contributed by atoms with Crippen LogP contribution in [0.1, 0.15) is 6.92 Å². The van der Waals surface area contributed by atoms with Gasteiger partial charge in [0.1, 0.15) is 18.2 Å². The van der Waals surface area contributed by atoms with Crippen molar-refractivity contribution in [1.29, 1.82) is 0 Å². The maximum atomic E-state index is 15.0. The van der Waals surface area contributed by atoms with Crippen molar-refractivity contribution in [3.05, 3.63) is 34.1 Å². The maximum Gasteiger partial charge on any atom is 0.511 e. The summed E-state index contributed by atoms with van der Waals surface area (Å²) in [5.74, 6) is -2.70. The summed E-state index contributed by atoms with van der Waals surface area (Å²) in [4.78, 5) is 24.4. The number of nitrogens with zero attached hydrogens (tertiary/aromatic N) is 2. The fourth-order valence-corrected chi connectivity index (χ4v) is 3.16. The number of ether oxygens (including phenoxy) is 1. The molecule has 3 N–H and O–H groups in total. The van der Waals surface area contributed by atoms with Crippen LogP contribution in [-0.4, -0.2) is 41.1 Å². The zero-order valence-electron chi connectivity index (χ0n) is 13.8. The smallest absolute Gasteiger partial charge is 0.449 e. The molecule has 1 aliphatic heterocycles. The number of pyridine rings is 1. The van der Waals surface area contributed by atoms with Gasteiger partial charge in [-0.1, -0.05) is 0 Å². The van der Waals surface area contributed by atoms with E-state index in [1.54, 1.807) is 6.92 Å². The molecule has 1 aromatic heterocycles. The fourth-order valence-electron chi connectivity index (χ4n) is 3.16. The number of aryl methyl sites for hydroxylation is 1. The summed E-state index contributed by atoms with van der Waals surface area (Å²) in [6.45, 7) is 0.860. The van der Waals surface area contributed by atoms with Gasteiger partial charge in [-0.3, -0.25) is 4.79 Å². The number of halogens is 3. The first kappa shape index (κ1) is 18.1. The van der Waals surface area contributed by atoms with Crippen LogP contribution in [0.5, 0.6) is 5.75 Å². The van der Waals surface area contributed by atoms with Gasteiger partial charge in [0.25, 0.3) is 0 Å². The summed E-state index contributed by atoms with van der Waals surface area (Å²) in [5, 5.41) is 8.25. The van der Waals surface area contributed by atoms with Crippen molar-refractivity contribution in [3.63, 3.8) is 0 Å². The van der Waals surface area contributed by atoms with Crippen LogP contribution in [0.2, 0.25) is 0 Å². The van der Waals surface area contributed by atoms with Gasteiger partial charge >= 0.3 is 6.16 Å². The van der Waals surface area contributed by atoms with Crippen LogP contribution in [0.15, 0.2) is 17.1 Å². The van der Waals surface area contributed by atoms with Crippen molar-refractivity contribution < 1.29 is 27.8 Å². The molecule has 0 amide bonds. The third-order valence-corrected chi connectivity index (χ3v) is 4.14. The predicted molar refractivity (Wildman–Crippen MR) is 87.6 cm³/mol. The Balaban J connectivity index is 2.25. The van der Waals surface area contributed by atoms with Crippen LogP contribution in [0.4, 0.5) is 23.7 Å². The molecule has 0 radical (unpaired) electrons. The van der Waals surface area contributed by atoms with Gasteiger partial charge in [0, 0.05) is 18.6 Å². The number of aromatic nitrogens is 1. The lowest BCUT2D eigenvalue weighted by atomic mass is 9.92. The highest BCUT2D eigenvalue weighted by atomic mass is 19.1. The summed E-state index contributed by atoms with van der Waals surface area (Å²) < 4.78 is 47.8. The van der Waals surface area contributed by atoms with Gasteiger partial charge in [-0.05, 0) is 13.0 Å². The monoisotopic (exact) mass is 371 g/mol. The highest BCUT2D eigenvalue weighted by molar-refractivity contribution is 5.86. The Morgan fingerprint density at radius 3 is 2.62 bits per heavy atom. The van der Waals surface area contributed by atoms with Gasteiger partial charge < -0.3 is 25.0 Å². The number of hydrogen-bond acceptors (Lipinski definition) is 5. The summed E-state index contributed by atoms with van der Waals surface area (Å²) >= 11 is 0. The fraction of sp³-hybridized carbons (Fsp3) is 0.375. The Labute approximate surface area is 145 Å². The summed E-state index contributed by atoms with van der Waals surface area (Å²) in [7, 11) is 0. The van der Waals surface area contributed by atoms with Gasteiger partial charge in [-0.15, -0.1) is 0 Å². The average molecular weight is 371 g/mol. The third-order valence-electron chi connectivity index (χ3n) is 4.14. The van der Waals surface area contributed by atoms with Gasteiger partial charge in [-0.2, -0.15) is 0 Å². The van der Waals surface area contributed by atoms with E-state index in [2.05, 4.69) is 4.74 Å². The van der Waals surface area contributed by atoms with E-state index in [4.69, 9.17) is 10.8 Å². The second-order valence-electron chi connectivity index (χ2n) is 6.50. The molecule has 0 saturated carbocycles. The molecular formula is C16H16F3N3O4. The number of hydrogen-bond donors (Lipinski definition) is 2. The van der Waals surface area contributed by atoms with Crippen molar-refractivity contribution in [2.75, 3.05) is 24.7 Å². The second-order valence-corrected chi connectivity index (χ2v) is 6.50. The molecule has 0 aliphatic carbocycles. The summed E-state index contributed by atoms with van der Waals surface area (Å²) in [6.07, 6.45) is -0.875. The average Bonchev–Trinajstić information content (AvgIpc) is 2.49. The molecular weight excluding hydrogens is 355 g/mol. The Morgan fingerprint density at radius 1 is 1.42 bits per heavy atom. The summed E-state index contributed by atoms with van der Waals surface area (Å²) in [5.41, 5.74) is 3.58. The first-order valence-electron chi connectivity index (χ1n) is 7.70. The molecule has 2 aromatic rings. The zero-order chi connectivity index (χ0) is 19.2. The van der Waals surface area contributed by atoms with Crippen molar-refractivity contribution in [2.24, 2.45) is 5.73 Å². The van der Waals surface area contributed by atoms with Crippen molar-refractivity contribution in [3.8, 4) is 5.75 Å². The molecule has 0 spiro atoms. The summed E-state index contributed by atoms with van der Waals surface area (Å²) in [6, 6.07) is 0.797. The Kier molecular flexibility index (Phi) is 4.31. The largest absolute Gasteiger partial charge is 0.511 e. The van der Waals surface area contributed by atoms with Crippen LogP contribution < -0.4 is 20.8 Å². The molecule has 7 nitrogen and oxygen atoms in total. The molecule has 26 heavy (non-hydrogen) atoms. The standard InChI is InChI=1S/C16H16F3N3O4/c1-16(20)6-22(7-16)13-9(18)4-8-12(11(13)19)21(3-2-17)5-10(14(8)23)26-15(24)25/h4-5H,2-3,6-7,20H2,1H3,(H,24,25). The van der Waals surface area contributed by atoms with Crippen LogP contribution in [0.25, 0.3) is 10.9 Å². The quantitative estimate of drug-likeness (QED) is 0.796. The molecule has 1 aromatic carbocycles. The molecule has 0 unspecified atom stereocenters. The molecule has 10 heteroatoms. The van der Waals surface area contributed by atoms with E-state index in [1.165, 1.54) is 4.90 Å². The lowest BCUT2D eigenvalue weighted by molar-refractivity contribution is 0.143. The highest BCUT2D eigenvalue weighted by Gasteiger charge is 2.38. The Bertz CT molecular complexity index is 950. The van der Waals surface area contributed by atoms with E-state index >= 15 is 4.39 Å². The normalized spacial score (nSPS) is 15.8. The number of anilines is 1. The number of nitrogens with two attached hydrogens (primary N) is 1. The first-order valence-corrected chi connectivity index (χ1v) is 7.70. The Hall–Kier alpha value is -2.75. The third kappa shape index (κ3) is 2.96. The van der Waals surface area contributed by atoms with Crippen LogP contribution >= 0.6 is 0 Å². The molecule has 1 fully saturated rings. The zero-order valence-corrected chi connectivity index (χ0v) is 13.8. The van der Waals surface area contributed by atoms with E-state index in [1.807, 2.05) is 0 Å². The van der Waals surface area contributed by atoms with E-state index < -0.39 is 46.6 Å². The minimum absolute atomic E-state index is 0.208. The number of fused-ring (bicyclic) bond motifs is 1. The molecule has 140 valence electrons. The lowest BCUT2D eigenvalue weighted by Gasteiger charge is -2.47. The van der Waals surface area contributed by atoms with Gasteiger partial charge in [-0.25, -0.2) is 18.0 Å². The molecule has 3 rings (SSSR count). The number of alkyl halides is 1.